The third-order valence-electron chi connectivity index (χ3n) is 1.53. The average molecular weight is 188 g/mol. The first-order valence-electron chi connectivity index (χ1n) is 4.88. The van der Waals surface area contributed by atoms with Gasteiger partial charge in [-0.15, -0.1) is 6.58 Å². The Morgan fingerprint density at radius 1 is 1.21 bits per heavy atom. The second-order valence-corrected chi connectivity index (χ2v) is 3.56. The fraction of sp³-hybridized carbons (Fsp3) is 0.286. The Hall–Kier alpha value is -1.30. The molecule has 76 valence electrons. The van der Waals surface area contributed by atoms with Crippen LogP contribution in [0, 0.1) is 6.92 Å². The molecule has 0 aromatic heterocycles. The van der Waals surface area contributed by atoms with E-state index in [2.05, 4.69) is 49.9 Å². The molecule has 0 atom stereocenters. The van der Waals surface area contributed by atoms with E-state index in [1.165, 1.54) is 16.7 Å². The second kappa shape index (κ2) is 7.14. The van der Waals surface area contributed by atoms with Gasteiger partial charge < -0.3 is 0 Å². The first kappa shape index (κ1) is 12.7. The number of hydrogen-bond donors (Lipinski definition) is 0. The molecule has 14 heavy (non-hydrogen) atoms. The maximum atomic E-state index is 3.56. The van der Waals surface area contributed by atoms with Crippen LogP contribution < -0.4 is 0 Å². The van der Waals surface area contributed by atoms with E-state index in [4.69, 9.17) is 0 Å². The molecule has 0 aliphatic rings. The van der Waals surface area contributed by atoms with Crippen molar-refractivity contribution in [3.05, 3.63) is 53.6 Å². The highest BCUT2D eigenvalue weighted by Gasteiger charge is 1.87. The lowest BCUT2D eigenvalue weighted by atomic mass is 10.1. The van der Waals surface area contributed by atoms with Crippen molar-refractivity contribution in [2.24, 2.45) is 0 Å². The standard InChI is InChI=1S/C10H12.C4H8/c1-3-6-10-8-5-4-7-9(10)2;1-4(2)3/h3-8H,1-2H3;1H2,2-3H3/b6-3-;. The Morgan fingerprint density at radius 3 is 2.14 bits per heavy atom. The van der Waals surface area contributed by atoms with E-state index in [1.54, 1.807) is 0 Å². The van der Waals surface area contributed by atoms with Crippen LogP contribution in [-0.2, 0) is 0 Å². The maximum Gasteiger partial charge on any atom is -0.0231 e. The predicted octanol–water partition coefficient (Wildman–Crippen LogP) is 4.61. The zero-order chi connectivity index (χ0) is 11.0. The molecule has 0 amide bonds. The van der Waals surface area contributed by atoms with Gasteiger partial charge in [0.2, 0.25) is 0 Å². The molecule has 0 fully saturated rings. The highest BCUT2D eigenvalue weighted by atomic mass is 13.9. The second-order valence-electron chi connectivity index (χ2n) is 3.56. The van der Waals surface area contributed by atoms with Crippen LogP contribution in [0.4, 0.5) is 0 Å². The van der Waals surface area contributed by atoms with Crippen molar-refractivity contribution in [3.63, 3.8) is 0 Å². The summed E-state index contributed by atoms with van der Waals surface area (Å²) in [4.78, 5) is 0. The number of aryl methyl sites for hydroxylation is 1. The van der Waals surface area contributed by atoms with Crippen molar-refractivity contribution in [1.82, 2.24) is 0 Å². The zero-order valence-electron chi connectivity index (χ0n) is 9.67. The fourth-order valence-corrected chi connectivity index (χ4v) is 0.953. The molecule has 0 heterocycles. The van der Waals surface area contributed by atoms with Gasteiger partial charge in [-0.3, -0.25) is 0 Å². The number of benzene rings is 1. The molecule has 0 bridgehead atoms. The minimum Gasteiger partial charge on any atom is -0.100 e. The summed E-state index contributed by atoms with van der Waals surface area (Å²) in [5.74, 6) is 0. The van der Waals surface area contributed by atoms with E-state index in [0.29, 0.717) is 0 Å². The van der Waals surface area contributed by atoms with Gasteiger partial charge in [0.25, 0.3) is 0 Å². The molecular weight excluding hydrogens is 168 g/mol. The van der Waals surface area contributed by atoms with E-state index >= 15 is 0 Å². The molecule has 0 unspecified atom stereocenters. The third kappa shape index (κ3) is 6.24. The lowest BCUT2D eigenvalue weighted by molar-refractivity contribution is 1.42. The van der Waals surface area contributed by atoms with Gasteiger partial charge in [-0.2, -0.15) is 0 Å². The van der Waals surface area contributed by atoms with Crippen LogP contribution in [0.5, 0.6) is 0 Å². The third-order valence-corrected chi connectivity index (χ3v) is 1.53. The summed E-state index contributed by atoms with van der Waals surface area (Å²) in [5, 5.41) is 0. The molecule has 0 nitrogen and oxygen atoms in total. The van der Waals surface area contributed by atoms with Gasteiger partial charge >= 0.3 is 0 Å². The summed E-state index contributed by atoms with van der Waals surface area (Å²) >= 11 is 0. The summed E-state index contributed by atoms with van der Waals surface area (Å²) in [7, 11) is 0. The van der Waals surface area contributed by atoms with Crippen molar-refractivity contribution in [2.75, 3.05) is 0 Å². The summed E-state index contributed by atoms with van der Waals surface area (Å²) in [6.07, 6.45) is 4.18. The normalized spacial score (nSPS) is 9.43. The van der Waals surface area contributed by atoms with Gasteiger partial charge in [-0.25, -0.2) is 0 Å². The maximum absolute atomic E-state index is 3.56. The summed E-state index contributed by atoms with van der Waals surface area (Å²) in [6.45, 7) is 11.7. The van der Waals surface area contributed by atoms with Crippen LogP contribution in [0.25, 0.3) is 6.08 Å². The molecule has 0 spiro atoms. The van der Waals surface area contributed by atoms with Crippen LogP contribution in [0.15, 0.2) is 42.5 Å². The summed E-state index contributed by atoms with van der Waals surface area (Å²) in [5.41, 5.74) is 3.81. The molecule has 0 saturated heterocycles. The van der Waals surface area contributed by atoms with E-state index in [-0.39, 0.29) is 0 Å². The molecule has 0 heteroatoms. The Labute approximate surface area is 88.0 Å². The smallest absolute Gasteiger partial charge is 0.0231 e. The molecule has 0 N–H and O–H groups in total. The predicted molar refractivity (Wildman–Crippen MR) is 66.4 cm³/mol. The quantitative estimate of drug-likeness (QED) is 0.564. The largest absolute Gasteiger partial charge is 0.100 e. The molecule has 1 aromatic carbocycles. The van der Waals surface area contributed by atoms with Gasteiger partial charge in [-0.1, -0.05) is 42.0 Å². The van der Waals surface area contributed by atoms with Crippen molar-refractivity contribution in [3.8, 4) is 0 Å². The van der Waals surface area contributed by atoms with E-state index in [1.807, 2.05) is 20.8 Å². The Bertz CT molecular complexity index is 302. The minimum absolute atomic E-state index is 1.17. The monoisotopic (exact) mass is 188 g/mol. The molecule has 1 aromatic rings. The zero-order valence-corrected chi connectivity index (χ0v) is 9.67. The number of rotatable bonds is 1. The van der Waals surface area contributed by atoms with Crippen LogP contribution in [0.2, 0.25) is 0 Å². The first-order valence-corrected chi connectivity index (χ1v) is 4.88. The van der Waals surface area contributed by atoms with Crippen LogP contribution >= 0.6 is 0 Å². The lowest BCUT2D eigenvalue weighted by Crippen LogP contribution is -1.76. The van der Waals surface area contributed by atoms with Crippen molar-refractivity contribution in [1.29, 1.82) is 0 Å². The van der Waals surface area contributed by atoms with E-state index in [9.17, 15) is 0 Å². The van der Waals surface area contributed by atoms with E-state index in [0.717, 1.165) is 0 Å². The minimum atomic E-state index is 1.17. The fourth-order valence-electron chi connectivity index (χ4n) is 0.953. The van der Waals surface area contributed by atoms with Crippen molar-refractivity contribution in [2.45, 2.75) is 27.7 Å². The van der Waals surface area contributed by atoms with Crippen LogP contribution in [0.1, 0.15) is 31.9 Å². The highest BCUT2D eigenvalue weighted by Crippen LogP contribution is 2.07. The molecule has 0 saturated carbocycles. The van der Waals surface area contributed by atoms with Crippen LogP contribution in [-0.4, -0.2) is 0 Å². The Morgan fingerprint density at radius 2 is 1.71 bits per heavy atom. The number of hydrogen-bond acceptors (Lipinski definition) is 0. The number of allylic oxidation sites excluding steroid dienone is 2. The summed E-state index contributed by atoms with van der Waals surface area (Å²) in [6, 6.07) is 8.36. The van der Waals surface area contributed by atoms with Crippen molar-refractivity contribution >= 4 is 6.08 Å². The van der Waals surface area contributed by atoms with Gasteiger partial charge in [-0.05, 0) is 38.8 Å². The SMILES string of the molecule is C/C=C\c1ccccc1C.C=C(C)C. The molecule has 0 aliphatic heterocycles. The van der Waals surface area contributed by atoms with Gasteiger partial charge in [0.1, 0.15) is 0 Å². The lowest BCUT2D eigenvalue weighted by Gasteiger charge is -1.96. The van der Waals surface area contributed by atoms with Gasteiger partial charge in [0.05, 0.1) is 0 Å². The highest BCUT2D eigenvalue weighted by molar-refractivity contribution is 5.52. The Kier molecular flexibility index (Phi) is 6.47. The molecule has 0 aliphatic carbocycles. The van der Waals surface area contributed by atoms with Crippen LogP contribution in [0.3, 0.4) is 0 Å². The van der Waals surface area contributed by atoms with Crippen molar-refractivity contribution < 1.29 is 0 Å². The molecule has 1 rings (SSSR count). The topological polar surface area (TPSA) is 0 Å². The average Bonchev–Trinajstić information content (AvgIpc) is 2.08. The van der Waals surface area contributed by atoms with Gasteiger partial charge in [0.15, 0.2) is 0 Å². The molecule has 0 radical (unpaired) electrons. The molecular formula is C14H20. The first-order chi connectivity index (χ1) is 6.57. The summed E-state index contributed by atoms with van der Waals surface area (Å²) < 4.78 is 0. The van der Waals surface area contributed by atoms with Gasteiger partial charge in [0, 0.05) is 0 Å². The van der Waals surface area contributed by atoms with E-state index < -0.39 is 0 Å². The Balaban J connectivity index is 0.000000364.